The van der Waals surface area contributed by atoms with Crippen LogP contribution in [-0.4, -0.2) is 26.2 Å². The second kappa shape index (κ2) is 10.8. The quantitative estimate of drug-likeness (QED) is 0.290. The van der Waals surface area contributed by atoms with E-state index < -0.39 is 5.82 Å². The van der Waals surface area contributed by atoms with Crippen molar-refractivity contribution in [1.82, 2.24) is 5.48 Å². The first-order chi connectivity index (χ1) is 10.7. The van der Waals surface area contributed by atoms with E-state index in [1.165, 1.54) is 12.4 Å². The minimum atomic E-state index is -0.483. The van der Waals surface area contributed by atoms with Crippen molar-refractivity contribution in [3.05, 3.63) is 17.9 Å². The molecule has 0 heterocycles. The highest BCUT2D eigenvalue weighted by molar-refractivity contribution is 5.62. The minimum absolute atomic E-state index is 0.143. The van der Waals surface area contributed by atoms with E-state index in [1.54, 1.807) is 6.07 Å². The SMILES string of the molecule is CCCONC=Nc1cc(F)c(OCCC)c(OCCC)c1. The Morgan fingerprint density at radius 3 is 2.41 bits per heavy atom. The van der Waals surface area contributed by atoms with E-state index in [-0.39, 0.29) is 5.75 Å². The molecule has 0 aliphatic rings. The van der Waals surface area contributed by atoms with Crippen molar-refractivity contribution in [1.29, 1.82) is 0 Å². The molecular formula is C16H25FN2O3. The number of halogens is 1. The molecular weight excluding hydrogens is 287 g/mol. The maximum atomic E-state index is 14.2. The van der Waals surface area contributed by atoms with Gasteiger partial charge in [0, 0.05) is 12.1 Å². The van der Waals surface area contributed by atoms with Crippen LogP contribution in [-0.2, 0) is 4.84 Å². The van der Waals surface area contributed by atoms with Crippen molar-refractivity contribution < 1.29 is 18.7 Å². The van der Waals surface area contributed by atoms with Gasteiger partial charge in [-0.15, -0.1) is 0 Å². The van der Waals surface area contributed by atoms with E-state index in [2.05, 4.69) is 10.5 Å². The average molecular weight is 312 g/mol. The van der Waals surface area contributed by atoms with Crippen LogP contribution in [0.25, 0.3) is 0 Å². The van der Waals surface area contributed by atoms with Gasteiger partial charge in [-0.1, -0.05) is 20.8 Å². The molecule has 1 N–H and O–H groups in total. The monoisotopic (exact) mass is 312 g/mol. The van der Waals surface area contributed by atoms with Crippen LogP contribution >= 0.6 is 0 Å². The van der Waals surface area contributed by atoms with E-state index in [0.717, 1.165) is 19.3 Å². The summed E-state index contributed by atoms with van der Waals surface area (Å²) in [6, 6.07) is 2.96. The molecule has 0 fully saturated rings. The van der Waals surface area contributed by atoms with Gasteiger partial charge in [0.25, 0.3) is 0 Å². The number of nitrogens with zero attached hydrogens (tertiary/aromatic N) is 1. The Bertz CT molecular complexity index is 467. The van der Waals surface area contributed by atoms with Gasteiger partial charge in [0.05, 0.1) is 25.5 Å². The summed E-state index contributed by atoms with van der Waals surface area (Å²) >= 11 is 0. The van der Waals surface area contributed by atoms with Crippen LogP contribution in [0.15, 0.2) is 17.1 Å². The number of nitrogens with one attached hydrogen (secondary N) is 1. The molecule has 5 nitrogen and oxygen atoms in total. The van der Waals surface area contributed by atoms with Gasteiger partial charge in [-0.25, -0.2) is 9.38 Å². The first-order valence-corrected chi connectivity index (χ1v) is 7.71. The van der Waals surface area contributed by atoms with Crippen molar-refractivity contribution >= 4 is 12.0 Å². The van der Waals surface area contributed by atoms with E-state index in [4.69, 9.17) is 14.3 Å². The normalized spacial score (nSPS) is 10.9. The lowest BCUT2D eigenvalue weighted by Crippen LogP contribution is -2.12. The molecule has 0 bridgehead atoms. The van der Waals surface area contributed by atoms with E-state index >= 15 is 0 Å². The Labute approximate surface area is 131 Å². The Kier molecular flexibility index (Phi) is 8.98. The summed E-state index contributed by atoms with van der Waals surface area (Å²) in [5.74, 6) is 0.0325. The molecule has 124 valence electrons. The molecule has 0 saturated heterocycles. The lowest BCUT2D eigenvalue weighted by molar-refractivity contribution is 0.0890. The van der Waals surface area contributed by atoms with Crippen molar-refractivity contribution in [2.24, 2.45) is 4.99 Å². The molecule has 0 amide bonds. The van der Waals surface area contributed by atoms with Gasteiger partial charge in [0.15, 0.2) is 17.3 Å². The number of ether oxygens (including phenoxy) is 2. The summed E-state index contributed by atoms with van der Waals surface area (Å²) in [4.78, 5) is 9.15. The zero-order chi connectivity index (χ0) is 16.2. The maximum absolute atomic E-state index is 14.2. The number of aliphatic imine (C=N–C) groups is 1. The highest BCUT2D eigenvalue weighted by Crippen LogP contribution is 2.35. The van der Waals surface area contributed by atoms with Gasteiger partial charge < -0.3 is 9.47 Å². The molecule has 0 unspecified atom stereocenters. The van der Waals surface area contributed by atoms with Crippen LogP contribution in [0.1, 0.15) is 40.0 Å². The van der Waals surface area contributed by atoms with Gasteiger partial charge in [-0.2, -0.15) is 0 Å². The molecule has 0 aromatic heterocycles. The third kappa shape index (κ3) is 6.30. The molecule has 0 aliphatic heterocycles. The lowest BCUT2D eigenvalue weighted by atomic mass is 10.2. The van der Waals surface area contributed by atoms with Crippen LogP contribution in [0.3, 0.4) is 0 Å². The maximum Gasteiger partial charge on any atom is 0.197 e. The van der Waals surface area contributed by atoms with E-state index in [9.17, 15) is 4.39 Å². The Balaban J connectivity index is 2.83. The summed E-state index contributed by atoms with van der Waals surface area (Å²) in [6.45, 7) is 7.46. The van der Waals surface area contributed by atoms with Gasteiger partial charge in [0.2, 0.25) is 0 Å². The number of rotatable bonds is 11. The van der Waals surface area contributed by atoms with E-state index in [0.29, 0.717) is 31.3 Å². The molecule has 0 atom stereocenters. The van der Waals surface area contributed by atoms with Crippen LogP contribution in [0.5, 0.6) is 11.5 Å². The number of hydroxylamine groups is 1. The van der Waals surface area contributed by atoms with Crippen LogP contribution in [0.2, 0.25) is 0 Å². The van der Waals surface area contributed by atoms with Crippen molar-refractivity contribution in [2.75, 3.05) is 19.8 Å². The fourth-order valence-corrected chi connectivity index (χ4v) is 1.59. The summed E-state index contributed by atoms with van der Waals surface area (Å²) in [7, 11) is 0. The van der Waals surface area contributed by atoms with Crippen LogP contribution < -0.4 is 15.0 Å². The highest BCUT2D eigenvalue weighted by Gasteiger charge is 2.13. The molecule has 1 aromatic rings. The molecule has 1 rings (SSSR count). The topological polar surface area (TPSA) is 52.1 Å². The highest BCUT2D eigenvalue weighted by atomic mass is 19.1. The molecule has 0 spiro atoms. The van der Waals surface area contributed by atoms with Gasteiger partial charge in [-0.3, -0.25) is 10.3 Å². The Morgan fingerprint density at radius 1 is 1.05 bits per heavy atom. The van der Waals surface area contributed by atoms with Gasteiger partial charge in [0.1, 0.15) is 6.34 Å². The molecule has 22 heavy (non-hydrogen) atoms. The fraction of sp³-hybridized carbons (Fsp3) is 0.562. The van der Waals surface area contributed by atoms with E-state index in [1.807, 2.05) is 20.8 Å². The third-order valence-corrected chi connectivity index (χ3v) is 2.56. The second-order valence-corrected chi connectivity index (χ2v) is 4.68. The largest absolute Gasteiger partial charge is 0.490 e. The predicted octanol–water partition coefficient (Wildman–Crippen LogP) is 3.99. The molecule has 1 aromatic carbocycles. The lowest BCUT2D eigenvalue weighted by Gasteiger charge is -2.13. The number of benzene rings is 1. The zero-order valence-corrected chi connectivity index (χ0v) is 13.5. The predicted molar refractivity (Wildman–Crippen MR) is 85.5 cm³/mol. The third-order valence-electron chi connectivity index (χ3n) is 2.56. The van der Waals surface area contributed by atoms with Crippen LogP contribution in [0, 0.1) is 5.82 Å². The molecule has 0 saturated carbocycles. The smallest absolute Gasteiger partial charge is 0.197 e. The van der Waals surface area contributed by atoms with Gasteiger partial charge >= 0.3 is 0 Å². The average Bonchev–Trinajstić information content (AvgIpc) is 2.51. The first kappa shape index (κ1) is 18.2. The summed E-state index contributed by atoms with van der Waals surface area (Å²) in [5, 5.41) is 0. The number of hydrogen-bond donors (Lipinski definition) is 1. The van der Waals surface area contributed by atoms with Crippen molar-refractivity contribution in [3.63, 3.8) is 0 Å². The Hall–Kier alpha value is -1.82. The first-order valence-electron chi connectivity index (χ1n) is 7.71. The fourth-order valence-electron chi connectivity index (χ4n) is 1.59. The molecule has 0 aliphatic carbocycles. The summed E-state index contributed by atoms with van der Waals surface area (Å²) in [5.41, 5.74) is 3.01. The van der Waals surface area contributed by atoms with Crippen molar-refractivity contribution in [3.8, 4) is 11.5 Å². The second-order valence-electron chi connectivity index (χ2n) is 4.68. The van der Waals surface area contributed by atoms with Gasteiger partial charge in [-0.05, 0) is 19.3 Å². The summed E-state index contributed by atoms with van der Waals surface area (Å²) < 4.78 is 25.2. The minimum Gasteiger partial charge on any atom is -0.490 e. The van der Waals surface area contributed by atoms with Crippen LogP contribution in [0.4, 0.5) is 10.1 Å². The molecule has 0 radical (unpaired) electrons. The standard InChI is InChI=1S/C16H25FN2O3/c1-4-7-20-15-11-13(18-12-19-22-9-6-3)10-14(17)16(15)21-8-5-2/h10-12H,4-9H2,1-3H3,(H,18,19). The zero-order valence-electron chi connectivity index (χ0n) is 13.5. The Morgan fingerprint density at radius 2 is 1.73 bits per heavy atom. The summed E-state index contributed by atoms with van der Waals surface area (Å²) in [6.07, 6.45) is 3.90. The molecule has 6 heteroatoms. The van der Waals surface area contributed by atoms with Crippen molar-refractivity contribution in [2.45, 2.75) is 40.0 Å². The number of hydrogen-bond acceptors (Lipinski definition) is 4.